The number of aromatic nitrogens is 1. The summed E-state index contributed by atoms with van der Waals surface area (Å²) in [6.07, 6.45) is 10.6. The molecule has 1 saturated carbocycles. The van der Waals surface area contributed by atoms with Gasteiger partial charge < -0.3 is 5.32 Å². The number of nitrogens with one attached hydrogen (secondary N) is 1. The van der Waals surface area contributed by atoms with Gasteiger partial charge in [-0.3, -0.25) is 4.98 Å². The van der Waals surface area contributed by atoms with Crippen molar-refractivity contribution in [1.29, 1.82) is 0 Å². The van der Waals surface area contributed by atoms with Crippen LogP contribution in [0.15, 0.2) is 36.7 Å². The molecule has 1 aromatic heterocycles. The molecule has 0 saturated heterocycles. The predicted molar refractivity (Wildman–Crippen MR) is 89.4 cm³/mol. The summed E-state index contributed by atoms with van der Waals surface area (Å²) in [4.78, 5) is 4.50. The van der Waals surface area contributed by atoms with E-state index in [-0.39, 0.29) is 0 Å². The van der Waals surface area contributed by atoms with E-state index < -0.39 is 0 Å². The van der Waals surface area contributed by atoms with Gasteiger partial charge in [-0.2, -0.15) is 0 Å². The third-order valence-electron chi connectivity index (χ3n) is 5.05. The second-order valence-electron chi connectivity index (χ2n) is 6.70. The Morgan fingerprint density at radius 1 is 1.19 bits per heavy atom. The molecule has 21 heavy (non-hydrogen) atoms. The maximum atomic E-state index is 4.50. The van der Waals surface area contributed by atoms with Gasteiger partial charge in [0.05, 0.1) is 0 Å². The molecule has 2 heteroatoms. The topological polar surface area (TPSA) is 24.9 Å². The smallest absolute Gasteiger partial charge is 0.0396 e. The lowest BCUT2D eigenvalue weighted by Gasteiger charge is -2.36. The zero-order chi connectivity index (χ0) is 14.7. The fourth-order valence-electron chi connectivity index (χ4n) is 3.86. The van der Waals surface area contributed by atoms with Crippen LogP contribution in [0.4, 0.5) is 0 Å². The van der Waals surface area contributed by atoms with Crippen molar-refractivity contribution < 1.29 is 0 Å². The minimum atomic E-state index is 0.362. The Hall–Kier alpha value is -1.41. The summed E-state index contributed by atoms with van der Waals surface area (Å²) in [6.45, 7) is 5.76. The number of pyridine rings is 1. The van der Waals surface area contributed by atoms with Crippen molar-refractivity contribution in [3.63, 3.8) is 0 Å². The molecule has 0 spiro atoms. The van der Waals surface area contributed by atoms with E-state index in [1.165, 1.54) is 48.4 Å². The highest BCUT2D eigenvalue weighted by Crippen LogP contribution is 2.48. The molecule has 2 aromatic rings. The molecule has 3 rings (SSSR count). The van der Waals surface area contributed by atoms with Gasteiger partial charge in [-0.1, -0.05) is 51.0 Å². The molecule has 112 valence electrons. The predicted octanol–water partition coefficient (Wildman–Crippen LogP) is 4.86. The van der Waals surface area contributed by atoms with Crippen molar-refractivity contribution in [3.8, 4) is 0 Å². The van der Waals surface area contributed by atoms with Gasteiger partial charge in [0.25, 0.3) is 0 Å². The highest BCUT2D eigenvalue weighted by atomic mass is 14.9. The maximum absolute atomic E-state index is 4.50. The van der Waals surface area contributed by atoms with Crippen LogP contribution in [0.5, 0.6) is 0 Å². The van der Waals surface area contributed by atoms with Crippen molar-refractivity contribution in [2.75, 3.05) is 6.54 Å². The van der Waals surface area contributed by atoms with Crippen LogP contribution in [-0.4, -0.2) is 11.5 Å². The monoisotopic (exact) mass is 282 g/mol. The average molecular weight is 282 g/mol. The lowest BCUT2D eigenvalue weighted by atomic mass is 9.76. The number of rotatable bonds is 5. The largest absolute Gasteiger partial charge is 0.309 e. The van der Waals surface area contributed by atoms with E-state index in [0.29, 0.717) is 11.5 Å². The van der Waals surface area contributed by atoms with Gasteiger partial charge in [0.15, 0.2) is 0 Å². The number of hydrogen-bond acceptors (Lipinski definition) is 2. The molecular formula is C19H26N2. The van der Waals surface area contributed by atoms with E-state index in [9.17, 15) is 0 Å². The molecule has 1 aliphatic rings. The Kier molecular flexibility index (Phi) is 4.25. The van der Waals surface area contributed by atoms with Crippen LogP contribution in [-0.2, 0) is 0 Å². The van der Waals surface area contributed by atoms with E-state index in [1.54, 1.807) is 0 Å². The summed E-state index contributed by atoms with van der Waals surface area (Å²) < 4.78 is 0. The Bertz CT molecular complexity index is 594. The van der Waals surface area contributed by atoms with E-state index in [0.717, 1.165) is 6.54 Å². The third kappa shape index (κ3) is 2.82. The summed E-state index contributed by atoms with van der Waals surface area (Å²) in [5.74, 6) is 0. The van der Waals surface area contributed by atoms with Gasteiger partial charge in [-0.05, 0) is 42.2 Å². The van der Waals surface area contributed by atoms with Crippen LogP contribution in [0.1, 0.15) is 57.6 Å². The van der Waals surface area contributed by atoms with E-state index in [2.05, 4.69) is 54.6 Å². The summed E-state index contributed by atoms with van der Waals surface area (Å²) in [5, 5.41) is 6.43. The van der Waals surface area contributed by atoms with E-state index in [1.807, 2.05) is 6.20 Å². The SMILES string of the molecule is CCCNC(c1cncc2ccccc12)C1(C)CCCC1. The summed E-state index contributed by atoms with van der Waals surface area (Å²) >= 11 is 0. The highest BCUT2D eigenvalue weighted by Gasteiger charge is 2.38. The Labute approximate surface area is 128 Å². The van der Waals surface area contributed by atoms with Crippen molar-refractivity contribution in [2.45, 2.75) is 52.0 Å². The lowest BCUT2D eigenvalue weighted by Crippen LogP contribution is -2.35. The number of fused-ring (bicyclic) bond motifs is 1. The van der Waals surface area contributed by atoms with E-state index in [4.69, 9.17) is 0 Å². The molecule has 1 aliphatic carbocycles. The fraction of sp³-hybridized carbons (Fsp3) is 0.526. The standard InChI is InChI=1S/C19H26N2/c1-3-12-21-18(19(2)10-6-7-11-19)17-14-20-13-15-8-4-5-9-16(15)17/h4-5,8-9,13-14,18,21H,3,6-7,10-12H2,1-2H3. The van der Waals surface area contributed by atoms with Crippen molar-refractivity contribution >= 4 is 10.8 Å². The van der Waals surface area contributed by atoms with Gasteiger partial charge in [0, 0.05) is 23.8 Å². The summed E-state index contributed by atoms with van der Waals surface area (Å²) in [6, 6.07) is 9.06. The molecule has 1 atom stereocenters. The number of hydrogen-bond donors (Lipinski definition) is 1. The first kappa shape index (κ1) is 14.5. The Morgan fingerprint density at radius 3 is 2.71 bits per heavy atom. The third-order valence-corrected chi connectivity index (χ3v) is 5.05. The first-order chi connectivity index (χ1) is 10.2. The van der Waals surface area contributed by atoms with Gasteiger partial charge in [-0.25, -0.2) is 0 Å². The van der Waals surface area contributed by atoms with Crippen LogP contribution < -0.4 is 5.32 Å². The van der Waals surface area contributed by atoms with Gasteiger partial charge >= 0.3 is 0 Å². The number of nitrogens with zero attached hydrogens (tertiary/aromatic N) is 1. The summed E-state index contributed by atoms with van der Waals surface area (Å²) in [5.41, 5.74) is 1.74. The van der Waals surface area contributed by atoms with Crippen LogP contribution in [0, 0.1) is 5.41 Å². The minimum Gasteiger partial charge on any atom is -0.309 e. The molecule has 1 unspecified atom stereocenters. The molecule has 1 heterocycles. The minimum absolute atomic E-state index is 0.362. The lowest BCUT2D eigenvalue weighted by molar-refractivity contribution is 0.224. The molecule has 1 fully saturated rings. The quantitative estimate of drug-likeness (QED) is 0.847. The molecule has 0 radical (unpaired) electrons. The van der Waals surface area contributed by atoms with Crippen LogP contribution in [0.25, 0.3) is 10.8 Å². The van der Waals surface area contributed by atoms with Gasteiger partial charge in [0.2, 0.25) is 0 Å². The summed E-state index contributed by atoms with van der Waals surface area (Å²) in [7, 11) is 0. The second kappa shape index (κ2) is 6.15. The molecule has 0 amide bonds. The van der Waals surface area contributed by atoms with Crippen LogP contribution in [0.3, 0.4) is 0 Å². The second-order valence-corrected chi connectivity index (χ2v) is 6.70. The van der Waals surface area contributed by atoms with Crippen LogP contribution >= 0.6 is 0 Å². The van der Waals surface area contributed by atoms with Crippen molar-refractivity contribution in [3.05, 3.63) is 42.2 Å². The maximum Gasteiger partial charge on any atom is 0.0396 e. The van der Waals surface area contributed by atoms with Gasteiger partial charge in [0.1, 0.15) is 0 Å². The molecule has 1 N–H and O–H groups in total. The molecule has 0 bridgehead atoms. The first-order valence-electron chi connectivity index (χ1n) is 8.30. The molecule has 2 nitrogen and oxygen atoms in total. The van der Waals surface area contributed by atoms with E-state index >= 15 is 0 Å². The highest BCUT2D eigenvalue weighted by molar-refractivity contribution is 5.85. The normalized spacial score (nSPS) is 19.0. The number of benzene rings is 1. The van der Waals surface area contributed by atoms with Crippen molar-refractivity contribution in [2.24, 2.45) is 5.41 Å². The molecule has 0 aliphatic heterocycles. The van der Waals surface area contributed by atoms with Crippen LogP contribution in [0.2, 0.25) is 0 Å². The fourth-order valence-corrected chi connectivity index (χ4v) is 3.86. The first-order valence-corrected chi connectivity index (χ1v) is 8.30. The average Bonchev–Trinajstić information content (AvgIpc) is 2.95. The molecular weight excluding hydrogens is 256 g/mol. The van der Waals surface area contributed by atoms with Crippen molar-refractivity contribution in [1.82, 2.24) is 10.3 Å². The Morgan fingerprint density at radius 2 is 1.95 bits per heavy atom. The molecule has 1 aromatic carbocycles. The Balaban J connectivity index is 2.05. The zero-order valence-electron chi connectivity index (χ0n) is 13.2. The van der Waals surface area contributed by atoms with Gasteiger partial charge in [-0.15, -0.1) is 0 Å². The zero-order valence-corrected chi connectivity index (χ0v) is 13.2.